The first-order chi connectivity index (χ1) is 22.4. The number of aromatic nitrogens is 4. The van der Waals surface area contributed by atoms with Crippen LogP contribution in [0, 0.1) is 24.1 Å². The maximum atomic E-state index is 14.3. The Balaban J connectivity index is 1.22. The van der Waals surface area contributed by atoms with Gasteiger partial charge in [0, 0.05) is 18.8 Å². The van der Waals surface area contributed by atoms with Crippen LogP contribution in [0.2, 0.25) is 10.0 Å². The quantitative estimate of drug-likeness (QED) is 0.250. The second kappa shape index (κ2) is 10.9. The number of anilines is 2. The molecule has 7 rings (SSSR count). The highest BCUT2D eigenvalue weighted by atomic mass is 35.5. The highest BCUT2D eigenvalue weighted by Crippen LogP contribution is 2.47. The van der Waals surface area contributed by atoms with Gasteiger partial charge in [0.05, 0.1) is 33.6 Å². The van der Waals surface area contributed by atoms with E-state index in [1.165, 1.54) is 27.8 Å². The molecule has 1 atom stereocenters. The number of nitriles is 1. The van der Waals surface area contributed by atoms with Crippen molar-refractivity contribution in [2.24, 2.45) is 0 Å². The molecule has 0 spiro atoms. The summed E-state index contributed by atoms with van der Waals surface area (Å²) in [5.41, 5.74) is -0.933. The van der Waals surface area contributed by atoms with E-state index in [2.05, 4.69) is 31.7 Å². The Kier molecular flexibility index (Phi) is 7.11. The second-order valence-electron chi connectivity index (χ2n) is 12.6. The van der Waals surface area contributed by atoms with Gasteiger partial charge in [0.15, 0.2) is 11.6 Å². The molecule has 2 aliphatic carbocycles. The first-order valence-corrected chi connectivity index (χ1v) is 15.7. The van der Waals surface area contributed by atoms with Gasteiger partial charge in [-0.2, -0.15) is 5.26 Å². The fraction of sp³-hybridized carbons (Fsp3) is 0.303. The fourth-order valence-corrected chi connectivity index (χ4v) is 6.52. The van der Waals surface area contributed by atoms with Gasteiger partial charge in [-0.1, -0.05) is 35.3 Å². The first-order valence-electron chi connectivity index (χ1n) is 14.9. The lowest BCUT2D eigenvalue weighted by atomic mass is 9.91. The number of halogens is 3. The number of nitrogens with zero attached hydrogens (tertiary/aromatic N) is 6. The zero-order valence-corrected chi connectivity index (χ0v) is 26.8. The zero-order chi connectivity index (χ0) is 33.3. The highest BCUT2D eigenvalue weighted by Gasteiger charge is 2.58. The van der Waals surface area contributed by atoms with Crippen molar-refractivity contribution in [3.63, 3.8) is 0 Å². The van der Waals surface area contributed by atoms with Crippen LogP contribution < -0.4 is 15.5 Å². The molecule has 1 unspecified atom stereocenters. The molecular formula is C33H27Cl2FN8O3. The molecule has 14 heteroatoms. The average Bonchev–Trinajstić information content (AvgIpc) is 3.95. The van der Waals surface area contributed by atoms with Gasteiger partial charge in [0.1, 0.15) is 22.3 Å². The van der Waals surface area contributed by atoms with Crippen molar-refractivity contribution in [1.82, 2.24) is 30.2 Å². The van der Waals surface area contributed by atoms with Crippen LogP contribution >= 0.6 is 23.2 Å². The summed E-state index contributed by atoms with van der Waals surface area (Å²) in [6.07, 6.45) is 7.09. The smallest absolute Gasteiger partial charge is 0.270 e. The number of hydrogen-bond donors (Lipinski definition) is 2. The molecule has 2 aromatic carbocycles. The predicted octanol–water partition coefficient (Wildman–Crippen LogP) is 5.00. The van der Waals surface area contributed by atoms with Crippen LogP contribution in [0.15, 0.2) is 55.0 Å². The summed E-state index contributed by atoms with van der Waals surface area (Å²) in [6.45, 7) is 3.55. The normalized spacial score (nSPS) is 19.9. The summed E-state index contributed by atoms with van der Waals surface area (Å²) in [6, 6.07) is 11.4. The third-order valence-electron chi connectivity index (χ3n) is 9.04. The summed E-state index contributed by atoms with van der Waals surface area (Å²) >= 11 is 12.2. The van der Waals surface area contributed by atoms with Gasteiger partial charge >= 0.3 is 0 Å². The van der Waals surface area contributed by atoms with Crippen molar-refractivity contribution in [3.05, 3.63) is 99.1 Å². The minimum atomic E-state index is -1.40. The Morgan fingerprint density at radius 3 is 2.21 bits per heavy atom. The minimum Gasteiger partial charge on any atom is -0.341 e. The summed E-state index contributed by atoms with van der Waals surface area (Å²) in [5, 5.41) is 14.7. The topological polar surface area (TPSA) is 146 Å². The van der Waals surface area contributed by atoms with E-state index in [1.807, 2.05) is 6.92 Å². The molecule has 0 radical (unpaired) electrons. The Hall–Kier alpha value is -4.86. The molecule has 2 fully saturated rings. The van der Waals surface area contributed by atoms with Crippen LogP contribution in [0.25, 0.3) is 0 Å². The minimum absolute atomic E-state index is 0.0494. The molecule has 1 aliphatic heterocycles. The number of benzene rings is 2. The lowest BCUT2D eigenvalue weighted by molar-refractivity contribution is -0.125. The van der Waals surface area contributed by atoms with Crippen molar-refractivity contribution in [2.75, 3.05) is 4.90 Å². The largest absolute Gasteiger partial charge is 0.341 e. The second-order valence-corrected chi connectivity index (χ2v) is 13.4. The third-order valence-corrected chi connectivity index (χ3v) is 9.59. The van der Waals surface area contributed by atoms with Crippen molar-refractivity contribution in [3.8, 4) is 6.07 Å². The van der Waals surface area contributed by atoms with Crippen molar-refractivity contribution >= 4 is 52.6 Å². The number of aryl methyl sites for hydroxylation is 1. The van der Waals surface area contributed by atoms with Gasteiger partial charge < -0.3 is 10.6 Å². The van der Waals surface area contributed by atoms with Gasteiger partial charge in [-0.05, 0) is 74.9 Å². The van der Waals surface area contributed by atoms with E-state index in [0.717, 1.165) is 5.56 Å². The molecule has 47 heavy (non-hydrogen) atoms. The number of amides is 3. The molecule has 3 heterocycles. The van der Waals surface area contributed by atoms with Crippen molar-refractivity contribution in [1.29, 1.82) is 5.26 Å². The van der Waals surface area contributed by atoms with E-state index in [0.29, 0.717) is 42.6 Å². The number of imidazole rings is 1. The van der Waals surface area contributed by atoms with Crippen LogP contribution in [0.1, 0.15) is 65.6 Å². The standard InChI is InChI=1S/C33H27Cl2FN8O3/c1-18-15-38-27(39-16-18)32(7-8-32)42-28(46)33(9-10-33)41-26(45)24-17-40-30-43(21-11-22(34)25(36)23(35)12-21)29(47)31(2,44(24)30)13-19-3-5-20(14-37)6-4-19/h3-6,11-12,15-17H,7-10,13H2,1-2H3,(H,41,45)(H,42,46). The number of nitrogens with one attached hydrogen (secondary N) is 2. The van der Waals surface area contributed by atoms with Gasteiger partial charge in [0.2, 0.25) is 11.9 Å². The Morgan fingerprint density at radius 1 is 1.00 bits per heavy atom. The molecule has 11 nitrogen and oxygen atoms in total. The molecule has 238 valence electrons. The summed E-state index contributed by atoms with van der Waals surface area (Å²) < 4.78 is 15.9. The van der Waals surface area contributed by atoms with E-state index in [-0.39, 0.29) is 39.7 Å². The molecule has 2 N–H and O–H groups in total. The number of carbonyl (C=O) groups excluding carboxylic acids is 3. The number of fused-ring (bicyclic) bond motifs is 1. The monoisotopic (exact) mass is 672 g/mol. The van der Waals surface area contributed by atoms with Crippen LogP contribution in [0.3, 0.4) is 0 Å². The molecule has 3 amide bonds. The van der Waals surface area contributed by atoms with E-state index >= 15 is 0 Å². The third kappa shape index (κ3) is 5.10. The molecule has 0 saturated heterocycles. The zero-order valence-electron chi connectivity index (χ0n) is 25.3. The highest BCUT2D eigenvalue weighted by molar-refractivity contribution is 6.35. The van der Waals surface area contributed by atoms with Crippen LogP contribution in [0.5, 0.6) is 0 Å². The van der Waals surface area contributed by atoms with Crippen LogP contribution in [-0.4, -0.2) is 42.8 Å². The maximum absolute atomic E-state index is 14.3. The van der Waals surface area contributed by atoms with E-state index in [1.54, 1.807) is 43.6 Å². The van der Waals surface area contributed by atoms with Crippen LogP contribution in [0.4, 0.5) is 16.0 Å². The Bertz CT molecular complexity index is 1990. The fourth-order valence-electron chi connectivity index (χ4n) is 6.05. The number of carbonyl (C=O) groups is 3. The lowest BCUT2D eigenvalue weighted by Gasteiger charge is -2.27. The van der Waals surface area contributed by atoms with Gasteiger partial charge in [0.25, 0.3) is 11.8 Å². The summed E-state index contributed by atoms with van der Waals surface area (Å²) in [4.78, 5) is 56.4. The van der Waals surface area contributed by atoms with Crippen LogP contribution in [-0.2, 0) is 27.1 Å². The summed E-state index contributed by atoms with van der Waals surface area (Å²) in [7, 11) is 0. The number of hydrogen-bond acceptors (Lipinski definition) is 7. The van der Waals surface area contributed by atoms with Gasteiger partial charge in [-0.3, -0.25) is 19.0 Å². The number of rotatable bonds is 8. The van der Waals surface area contributed by atoms with Gasteiger partial charge in [-0.15, -0.1) is 0 Å². The van der Waals surface area contributed by atoms with Gasteiger partial charge in [-0.25, -0.2) is 24.2 Å². The molecular weight excluding hydrogens is 646 g/mol. The molecule has 0 bridgehead atoms. The SMILES string of the molecule is Cc1cnc(C2(NC(=O)C3(NC(=O)c4cnc5n4C(C)(Cc4ccc(C#N)cc4)C(=O)N5c4cc(Cl)c(F)c(Cl)c4)CC3)CC2)nc1. The van der Waals surface area contributed by atoms with Crippen molar-refractivity contribution in [2.45, 2.75) is 62.6 Å². The predicted molar refractivity (Wildman–Crippen MR) is 170 cm³/mol. The molecule has 2 aromatic heterocycles. The molecule has 2 saturated carbocycles. The lowest BCUT2D eigenvalue weighted by Crippen LogP contribution is -2.52. The Labute approximate surface area is 278 Å². The van der Waals surface area contributed by atoms with E-state index < -0.39 is 34.2 Å². The maximum Gasteiger partial charge on any atom is 0.270 e. The van der Waals surface area contributed by atoms with E-state index in [4.69, 9.17) is 23.2 Å². The van der Waals surface area contributed by atoms with Crippen molar-refractivity contribution < 1.29 is 18.8 Å². The average molecular weight is 674 g/mol. The molecule has 3 aliphatic rings. The summed E-state index contributed by atoms with van der Waals surface area (Å²) in [5.74, 6) is -1.60. The first kappa shape index (κ1) is 30.8. The van der Waals surface area contributed by atoms with E-state index in [9.17, 15) is 24.0 Å². The Morgan fingerprint density at radius 2 is 1.64 bits per heavy atom. The molecule has 4 aromatic rings.